The van der Waals surface area contributed by atoms with Crippen molar-refractivity contribution in [3.05, 3.63) is 47.3 Å². The highest BCUT2D eigenvalue weighted by Gasteiger charge is 2.34. The van der Waals surface area contributed by atoms with Gasteiger partial charge in [-0.25, -0.2) is 0 Å². The summed E-state index contributed by atoms with van der Waals surface area (Å²) in [4.78, 5) is 0. The monoisotopic (exact) mass is 356 g/mol. The number of halogens is 3. The van der Waals surface area contributed by atoms with Crippen LogP contribution in [-0.4, -0.2) is 21.4 Å². The van der Waals surface area contributed by atoms with E-state index in [9.17, 15) is 13.2 Å². The number of thiocarbonyl (C=S) groups is 1. The highest BCUT2D eigenvalue weighted by Crippen LogP contribution is 2.28. The summed E-state index contributed by atoms with van der Waals surface area (Å²) in [5.74, 6) is 0. The van der Waals surface area contributed by atoms with Crippen molar-refractivity contribution in [2.45, 2.75) is 33.0 Å². The van der Waals surface area contributed by atoms with Crippen LogP contribution in [0.2, 0.25) is 0 Å². The second-order valence-electron chi connectivity index (χ2n) is 5.50. The van der Waals surface area contributed by atoms with Gasteiger partial charge in [0.15, 0.2) is 10.8 Å². The minimum atomic E-state index is -4.41. The average molecular weight is 356 g/mol. The molecule has 0 amide bonds. The van der Waals surface area contributed by atoms with Crippen LogP contribution in [-0.2, 0) is 12.7 Å². The first-order valence-electron chi connectivity index (χ1n) is 7.49. The first kappa shape index (κ1) is 18.3. The van der Waals surface area contributed by atoms with Gasteiger partial charge in [0.25, 0.3) is 0 Å². The zero-order valence-electron chi connectivity index (χ0n) is 13.4. The third-order valence-corrected chi connectivity index (χ3v) is 3.63. The lowest BCUT2D eigenvalue weighted by atomic mass is 10.2. The Labute approximate surface area is 144 Å². The predicted octanol–water partition coefficient (Wildman–Crippen LogP) is 3.90. The third-order valence-electron chi connectivity index (χ3n) is 3.38. The molecule has 8 heteroatoms. The molecule has 0 atom stereocenters. The number of aromatic nitrogens is 2. The molecule has 4 nitrogen and oxygen atoms in total. The van der Waals surface area contributed by atoms with Crippen LogP contribution in [0.15, 0.2) is 30.3 Å². The Bertz CT molecular complexity index is 710. The fourth-order valence-corrected chi connectivity index (χ4v) is 2.42. The average Bonchev–Trinajstić information content (AvgIpc) is 2.85. The lowest BCUT2D eigenvalue weighted by molar-refractivity contribution is -0.141. The van der Waals surface area contributed by atoms with Crippen molar-refractivity contribution in [2.24, 2.45) is 0 Å². The first-order valence-corrected chi connectivity index (χ1v) is 7.90. The number of aryl methyl sites for hydroxylation is 3. The molecule has 2 N–H and O–H groups in total. The molecule has 0 spiro atoms. The van der Waals surface area contributed by atoms with Gasteiger partial charge in [-0.1, -0.05) is 12.1 Å². The molecular formula is C16H19F3N4S. The predicted molar refractivity (Wildman–Crippen MR) is 92.0 cm³/mol. The maximum atomic E-state index is 12.6. The fraction of sp³-hybridized carbons (Fsp3) is 0.375. The van der Waals surface area contributed by atoms with Crippen LogP contribution >= 0.6 is 12.2 Å². The molecule has 0 saturated carbocycles. The molecule has 0 unspecified atom stereocenters. The van der Waals surface area contributed by atoms with E-state index in [1.54, 1.807) is 6.92 Å². The lowest BCUT2D eigenvalue weighted by Crippen LogP contribution is -2.29. The van der Waals surface area contributed by atoms with Crippen molar-refractivity contribution < 1.29 is 13.2 Å². The van der Waals surface area contributed by atoms with Gasteiger partial charge in [0.2, 0.25) is 0 Å². The highest BCUT2D eigenvalue weighted by atomic mass is 32.1. The minimum Gasteiger partial charge on any atom is -0.362 e. The summed E-state index contributed by atoms with van der Waals surface area (Å²) in [7, 11) is 0. The normalized spacial score (nSPS) is 11.4. The molecule has 0 radical (unpaired) electrons. The molecule has 0 bridgehead atoms. The molecular weight excluding hydrogens is 337 g/mol. The largest absolute Gasteiger partial charge is 0.435 e. The summed E-state index contributed by atoms with van der Waals surface area (Å²) < 4.78 is 39.2. The topological polar surface area (TPSA) is 41.9 Å². The number of rotatable bonds is 5. The molecule has 1 aromatic carbocycles. The quantitative estimate of drug-likeness (QED) is 0.630. The minimum absolute atomic E-state index is 0.391. The second kappa shape index (κ2) is 7.65. The van der Waals surface area contributed by atoms with Crippen LogP contribution in [0, 0.1) is 13.8 Å². The van der Waals surface area contributed by atoms with Crippen LogP contribution in [0.4, 0.5) is 18.9 Å². The second-order valence-corrected chi connectivity index (χ2v) is 5.90. The van der Waals surface area contributed by atoms with Gasteiger partial charge in [-0.2, -0.15) is 18.3 Å². The third kappa shape index (κ3) is 5.23. The van der Waals surface area contributed by atoms with E-state index >= 15 is 0 Å². The Hall–Kier alpha value is -2.09. The van der Waals surface area contributed by atoms with Gasteiger partial charge in [0.05, 0.1) is 0 Å². The van der Waals surface area contributed by atoms with Crippen molar-refractivity contribution in [2.75, 3.05) is 11.9 Å². The van der Waals surface area contributed by atoms with Gasteiger partial charge in [0, 0.05) is 24.5 Å². The first-order chi connectivity index (χ1) is 11.3. The molecule has 0 fully saturated rings. The van der Waals surface area contributed by atoms with Crippen LogP contribution in [0.5, 0.6) is 0 Å². The highest BCUT2D eigenvalue weighted by molar-refractivity contribution is 7.80. The summed E-state index contributed by atoms with van der Waals surface area (Å²) in [5, 5.41) is 10.2. The number of hydrogen-bond donors (Lipinski definition) is 2. The van der Waals surface area contributed by atoms with Gasteiger partial charge >= 0.3 is 6.18 Å². The number of hydrogen-bond acceptors (Lipinski definition) is 2. The van der Waals surface area contributed by atoms with E-state index in [2.05, 4.69) is 15.7 Å². The molecule has 130 valence electrons. The molecule has 24 heavy (non-hydrogen) atoms. The zero-order valence-corrected chi connectivity index (χ0v) is 14.3. The van der Waals surface area contributed by atoms with E-state index < -0.39 is 11.9 Å². The van der Waals surface area contributed by atoms with E-state index in [1.165, 1.54) is 4.68 Å². The van der Waals surface area contributed by atoms with Crippen molar-refractivity contribution in [1.29, 1.82) is 0 Å². The van der Waals surface area contributed by atoms with Gasteiger partial charge in [-0.3, -0.25) is 4.68 Å². The van der Waals surface area contributed by atoms with Gasteiger partial charge in [-0.15, -0.1) is 0 Å². The zero-order chi connectivity index (χ0) is 17.7. The Balaban J connectivity index is 1.77. The summed E-state index contributed by atoms with van der Waals surface area (Å²) >= 11 is 5.19. The van der Waals surface area contributed by atoms with Gasteiger partial charge < -0.3 is 10.6 Å². The number of anilines is 1. The van der Waals surface area contributed by atoms with Crippen LogP contribution < -0.4 is 10.6 Å². The molecule has 0 saturated heterocycles. The SMILES string of the molecule is Cc1cccc(NC(=S)NCCCn2nc(C(F)(F)F)cc2C)c1. The maximum Gasteiger partial charge on any atom is 0.435 e. The Morgan fingerprint density at radius 2 is 2.00 bits per heavy atom. The van der Waals surface area contributed by atoms with E-state index in [1.807, 2.05) is 31.2 Å². The molecule has 0 aliphatic carbocycles. The molecule has 0 aliphatic heterocycles. The number of nitrogens with zero attached hydrogens (tertiary/aromatic N) is 2. The standard InChI is InChI=1S/C16H19F3N4S/c1-11-5-3-6-13(9-11)21-15(24)20-7-4-8-23-12(2)10-14(22-23)16(17,18)19/h3,5-6,9-10H,4,7-8H2,1-2H3,(H2,20,21,24). The number of benzene rings is 1. The number of alkyl halides is 3. The van der Waals surface area contributed by atoms with E-state index in [0.29, 0.717) is 30.3 Å². The van der Waals surface area contributed by atoms with Crippen molar-refractivity contribution in [3.63, 3.8) is 0 Å². The van der Waals surface area contributed by atoms with Crippen LogP contribution in [0.25, 0.3) is 0 Å². The lowest BCUT2D eigenvalue weighted by Gasteiger charge is -2.11. The summed E-state index contributed by atoms with van der Waals surface area (Å²) in [6.45, 7) is 4.53. The maximum absolute atomic E-state index is 12.6. The smallest absolute Gasteiger partial charge is 0.362 e. The molecule has 2 aromatic rings. The van der Waals surface area contributed by atoms with E-state index in [0.717, 1.165) is 17.3 Å². The Kier molecular flexibility index (Phi) is 5.82. The molecule has 2 rings (SSSR count). The summed E-state index contributed by atoms with van der Waals surface area (Å²) in [5.41, 5.74) is 1.65. The van der Waals surface area contributed by atoms with E-state index in [-0.39, 0.29) is 0 Å². The van der Waals surface area contributed by atoms with Gasteiger partial charge in [-0.05, 0) is 56.2 Å². The number of nitrogens with one attached hydrogen (secondary N) is 2. The van der Waals surface area contributed by atoms with E-state index in [4.69, 9.17) is 12.2 Å². The van der Waals surface area contributed by atoms with Crippen molar-refractivity contribution in [1.82, 2.24) is 15.1 Å². The van der Waals surface area contributed by atoms with Crippen LogP contribution in [0.1, 0.15) is 23.4 Å². The van der Waals surface area contributed by atoms with Gasteiger partial charge in [0.1, 0.15) is 0 Å². The van der Waals surface area contributed by atoms with Crippen molar-refractivity contribution >= 4 is 23.0 Å². The Morgan fingerprint density at radius 3 is 2.62 bits per heavy atom. The summed E-state index contributed by atoms with van der Waals surface area (Å²) in [6, 6.07) is 8.85. The van der Waals surface area contributed by atoms with Crippen molar-refractivity contribution in [3.8, 4) is 0 Å². The van der Waals surface area contributed by atoms with Crippen LogP contribution in [0.3, 0.4) is 0 Å². The molecule has 0 aliphatic rings. The molecule has 1 heterocycles. The Morgan fingerprint density at radius 1 is 1.25 bits per heavy atom. The molecule has 1 aromatic heterocycles. The fourth-order valence-electron chi connectivity index (χ4n) is 2.20. The summed E-state index contributed by atoms with van der Waals surface area (Å²) in [6.07, 6.45) is -3.80.